The van der Waals surface area contributed by atoms with E-state index in [9.17, 15) is 4.79 Å². The van der Waals surface area contributed by atoms with Crippen molar-refractivity contribution in [1.29, 1.82) is 0 Å². The molecule has 3 aromatic rings. The van der Waals surface area contributed by atoms with Gasteiger partial charge in [0.15, 0.2) is 6.10 Å². The van der Waals surface area contributed by atoms with Crippen molar-refractivity contribution in [2.75, 3.05) is 5.32 Å². The maximum absolute atomic E-state index is 12.5. The average molecular weight is 380 g/mol. The first-order valence-electron chi connectivity index (χ1n) is 8.84. The normalized spacial score (nSPS) is 11.7. The van der Waals surface area contributed by atoms with Gasteiger partial charge in [-0.25, -0.2) is 0 Å². The fraction of sp³-hybridized carbons (Fsp3) is 0.174. The first-order chi connectivity index (χ1) is 12.9. The third kappa shape index (κ3) is 4.69. The van der Waals surface area contributed by atoms with Gasteiger partial charge in [0.1, 0.15) is 5.75 Å². The molecule has 0 saturated heterocycles. The van der Waals surface area contributed by atoms with Gasteiger partial charge in [0.05, 0.1) is 10.7 Å². The molecule has 0 aliphatic heterocycles. The van der Waals surface area contributed by atoms with Crippen molar-refractivity contribution in [2.24, 2.45) is 0 Å². The molecule has 3 nitrogen and oxygen atoms in total. The molecule has 0 aliphatic carbocycles. The Bertz CT molecular complexity index is 913. The molecule has 0 heterocycles. The van der Waals surface area contributed by atoms with E-state index in [0.717, 1.165) is 22.3 Å². The number of aryl methyl sites for hydroxylation is 2. The number of carbonyl (C=O) groups is 1. The third-order valence-corrected chi connectivity index (χ3v) is 4.62. The van der Waals surface area contributed by atoms with E-state index in [1.165, 1.54) is 0 Å². The Morgan fingerprint density at radius 2 is 1.59 bits per heavy atom. The summed E-state index contributed by atoms with van der Waals surface area (Å²) in [5.41, 5.74) is 4.84. The van der Waals surface area contributed by atoms with Crippen LogP contribution in [0, 0.1) is 13.8 Å². The number of benzene rings is 3. The van der Waals surface area contributed by atoms with Gasteiger partial charge < -0.3 is 10.1 Å². The summed E-state index contributed by atoms with van der Waals surface area (Å²) in [6.07, 6.45) is -0.649. The molecule has 0 aliphatic rings. The van der Waals surface area contributed by atoms with Gasteiger partial charge in [0.25, 0.3) is 5.91 Å². The zero-order valence-electron chi connectivity index (χ0n) is 15.6. The van der Waals surface area contributed by atoms with Gasteiger partial charge in [-0.2, -0.15) is 0 Å². The highest BCUT2D eigenvalue weighted by Crippen LogP contribution is 2.28. The van der Waals surface area contributed by atoms with Crippen molar-refractivity contribution >= 4 is 23.2 Å². The Hall–Kier alpha value is -2.78. The second-order valence-corrected chi connectivity index (χ2v) is 6.99. The smallest absolute Gasteiger partial charge is 0.265 e. The van der Waals surface area contributed by atoms with E-state index in [4.69, 9.17) is 16.3 Å². The van der Waals surface area contributed by atoms with E-state index in [1.54, 1.807) is 6.92 Å². The van der Waals surface area contributed by atoms with Gasteiger partial charge in [0.2, 0.25) is 0 Å². The van der Waals surface area contributed by atoms with Crippen molar-refractivity contribution < 1.29 is 9.53 Å². The van der Waals surface area contributed by atoms with Crippen LogP contribution >= 0.6 is 11.6 Å². The molecule has 0 fully saturated rings. The highest BCUT2D eigenvalue weighted by Gasteiger charge is 2.17. The number of anilines is 1. The van der Waals surface area contributed by atoms with Crippen LogP contribution in [0.5, 0.6) is 5.75 Å². The van der Waals surface area contributed by atoms with E-state index in [0.29, 0.717) is 16.5 Å². The summed E-state index contributed by atoms with van der Waals surface area (Å²) in [6, 6.07) is 21.6. The van der Waals surface area contributed by atoms with Crippen molar-refractivity contribution in [3.8, 4) is 16.9 Å². The van der Waals surface area contributed by atoms with Gasteiger partial charge >= 0.3 is 0 Å². The Labute approximate surface area is 164 Å². The second kappa shape index (κ2) is 8.28. The van der Waals surface area contributed by atoms with Gasteiger partial charge in [-0.3, -0.25) is 4.79 Å². The second-order valence-electron chi connectivity index (χ2n) is 6.58. The number of hydrogen-bond donors (Lipinski definition) is 1. The van der Waals surface area contributed by atoms with Crippen LogP contribution < -0.4 is 10.1 Å². The topological polar surface area (TPSA) is 38.3 Å². The number of carbonyl (C=O) groups excluding carboxylic acids is 1. The molecule has 0 unspecified atom stereocenters. The highest BCUT2D eigenvalue weighted by atomic mass is 35.5. The predicted molar refractivity (Wildman–Crippen MR) is 112 cm³/mol. The van der Waals surface area contributed by atoms with E-state index in [-0.39, 0.29) is 5.91 Å². The van der Waals surface area contributed by atoms with E-state index < -0.39 is 6.10 Å². The van der Waals surface area contributed by atoms with Crippen LogP contribution in [0.3, 0.4) is 0 Å². The molecule has 0 spiro atoms. The van der Waals surface area contributed by atoms with E-state index in [2.05, 4.69) is 17.4 Å². The largest absolute Gasteiger partial charge is 0.481 e. The molecule has 1 atom stereocenters. The van der Waals surface area contributed by atoms with Gasteiger partial charge in [-0.1, -0.05) is 60.1 Å². The number of amides is 1. The van der Waals surface area contributed by atoms with Crippen molar-refractivity contribution in [3.05, 3.63) is 82.9 Å². The summed E-state index contributed by atoms with van der Waals surface area (Å²) in [6.45, 7) is 5.61. The highest BCUT2D eigenvalue weighted by molar-refractivity contribution is 6.34. The zero-order chi connectivity index (χ0) is 19.4. The van der Waals surface area contributed by atoms with Crippen molar-refractivity contribution in [2.45, 2.75) is 26.9 Å². The summed E-state index contributed by atoms with van der Waals surface area (Å²) >= 11 is 6.26. The summed E-state index contributed by atoms with van der Waals surface area (Å²) < 4.78 is 5.79. The minimum Gasteiger partial charge on any atom is -0.481 e. The monoisotopic (exact) mass is 379 g/mol. The fourth-order valence-electron chi connectivity index (χ4n) is 2.91. The maximum atomic E-state index is 12.5. The minimum absolute atomic E-state index is 0.240. The molecule has 27 heavy (non-hydrogen) atoms. The van der Waals surface area contributed by atoms with Gasteiger partial charge in [-0.05, 0) is 61.2 Å². The molecule has 0 radical (unpaired) electrons. The van der Waals surface area contributed by atoms with Gasteiger partial charge in [0, 0.05) is 0 Å². The lowest BCUT2D eigenvalue weighted by molar-refractivity contribution is -0.122. The quantitative estimate of drug-likeness (QED) is 0.587. The van der Waals surface area contributed by atoms with Crippen molar-refractivity contribution in [1.82, 2.24) is 0 Å². The first-order valence-corrected chi connectivity index (χ1v) is 9.21. The van der Waals surface area contributed by atoms with Crippen LogP contribution in [0.1, 0.15) is 18.1 Å². The summed E-state index contributed by atoms with van der Waals surface area (Å²) in [7, 11) is 0. The lowest BCUT2D eigenvalue weighted by Crippen LogP contribution is -2.30. The molecule has 0 aromatic heterocycles. The predicted octanol–water partition coefficient (Wildman–Crippen LogP) is 6.03. The van der Waals surface area contributed by atoms with Crippen LogP contribution in [0.25, 0.3) is 11.1 Å². The van der Waals surface area contributed by atoms with Gasteiger partial charge in [-0.15, -0.1) is 0 Å². The van der Waals surface area contributed by atoms with E-state index >= 15 is 0 Å². The molecule has 1 amide bonds. The first kappa shape index (κ1) is 19.0. The zero-order valence-corrected chi connectivity index (χ0v) is 16.4. The maximum Gasteiger partial charge on any atom is 0.265 e. The molecule has 3 aromatic carbocycles. The van der Waals surface area contributed by atoms with Crippen LogP contribution in [-0.2, 0) is 4.79 Å². The van der Waals surface area contributed by atoms with Crippen molar-refractivity contribution in [3.63, 3.8) is 0 Å². The minimum atomic E-state index is -0.649. The van der Waals surface area contributed by atoms with E-state index in [1.807, 2.05) is 68.4 Å². The number of halogens is 1. The van der Waals surface area contributed by atoms with Crippen LogP contribution in [-0.4, -0.2) is 12.0 Å². The van der Waals surface area contributed by atoms with Crippen LogP contribution in [0.2, 0.25) is 5.02 Å². The molecule has 3 rings (SSSR count). The molecule has 4 heteroatoms. The lowest BCUT2D eigenvalue weighted by atomic mass is 10.1. The van der Waals surface area contributed by atoms with Crippen LogP contribution in [0.15, 0.2) is 66.7 Å². The number of hydrogen-bond acceptors (Lipinski definition) is 2. The number of rotatable bonds is 5. The fourth-order valence-corrected chi connectivity index (χ4v) is 3.28. The lowest BCUT2D eigenvalue weighted by Gasteiger charge is -2.17. The summed E-state index contributed by atoms with van der Waals surface area (Å²) in [5.74, 6) is 0.403. The SMILES string of the molecule is Cc1cc(C)c(NC(=O)[C@H](C)Oc2ccc(-c3ccccc3)cc2)c(Cl)c1. The Kier molecular flexibility index (Phi) is 5.82. The number of nitrogens with one attached hydrogen (secondary N) is 1. The molecular weight excluding hydrogens is 358 g/mol. The summed E-state index contributed by atoms with van der Waals surface area (Å²) in [4.78, 5) is 12.5. The average Bonchev–Trinajstić information content (AvgIpc) is 2.65. The number of ether oxygens (including phenoxy) is 1. The molecule has 1 N–H and O–H groups in total. The standard InChI is InChI=1S/C23H22ClNO2/c1-15-13-16(2)22(21(24)14-15)25-23(26)17(3)27-20-11-9-19(10-12-20)18-7-5-4-6-8-18/h4-14,17H,1-3H3,(H,25,26)/t17-/m0/s1. The van der Waals surface area contributed by atoms with Crippen LogP contribution in [0.4, 0.5) is 5.69 Å². The molecule has 0 saturated carbocycles. The Morgan fingerprint density at radius 3 is 2.22 bits per heavy atom. The molecular formula is C23H22ClNO2. The third-order valence-electron chi connectivity index (χ3n) is 4.32. The summed E-state index contributed by atoms with van der Waals surface area (Å²) in [5, 5.41) is 3.40. The molecule has 0 bridgehead atoms. The Balaban J connectivity index is 1.66. The molecule has 138 valence electrons. The Morgan fingerprint density at radius 1 is 0.963 bits per heavy atom.